The first-order valence-electron chi connectivity index (χ1n) is 15.8. The summed E-state index contributed by atoms with van der Waals surface area (Å²) in [5.41, 5.74) is 0.614. The number of hydrogen-bond acceptors (Lipinski definition) is 10. The lowest BCUT2D eigenvalue weighted by Crippen LogP contribution is -2.47. The van der Waals surface area contributed by atoms with Crippen LogP contribution in [0.15, 0.2) is 52.3 Å². The molecule has 47 heavy (non-hydrogen) atoms. The van der Waals surface area contributed by atoms with E-state index >= 15 is 0 Å². The van der Waals surface area contributed by atoms with Crippen molar-refractivity contribution in [3.05, 3.63) is 75.6 Å². The van der Waals surface area contributed by atoms with Crippen molar-refractivity contribution in [1.29, 1.82) is 0 Å². The molecule has 0 bridgehead atoms. The summed E-state index contributed by atoms with van der Waals surface area (Å²) in [6, 6.07) is 12.8. The van der Waals surface area contributed by atoms with Crippen molar-refractivity contribution < 1.29 is 23.5 Å². The van der Waals surface area contributed by atoms with Crippen LogP contribution in [0.5, 0.6) is 0 Å². The fourth-order valence-corrected chi connectivity index (χ4v) is 6.93. The molecule has 0 saturated carbocycles. The van der Waals surface area contributed by atoms with Crippen molar-refractivity contribution in [3.63, 3.8) is 0 Å². The number of thiazole rings is 1. The Balaban J connectivity index is 1.37. The number of benzene rings is 1. The molecule has 0 radical (unpaired) electrons. The molecule has 2 aliphatic heterocycles. The second-order valence-electron chi connectivity index (χ2n) is 13.3. The van der Waals surface area contributed by atoms with Crippen molar-refractivity contribution in [2.75, 3.05) is 18.0 Å². The lowest BCUT2D eigenvalue weighted by molar-refractivity contribution is -0.117. The summed E-state index contributed by atoms with van der Waals surface area (Å²) in [5, 5.41) is 14.5. The third kappa shape index (κ3) is 7.19. The van der Waals surface area contributed by atoms with E-state index in [0.717, 1.165) is 29.1 Å². The molecule has 0 spiro atoms. The molecule has 0 aliphatic carbocycles. The first-order chi connectivity index (χ1) is 22.4. The molecule has 2 saturated heterocycles. The van der Waals surface area contributed by atoms with E-state index in [1.807, 2.05) is 47.5 Å². The Morgan fingerprint density at radius 1 is 1.06 bits per heavy atom. The van der Waals surface area contributed by atoms with Gasteiger partial charge in [-0.05, 0) is 71.6 Å². The maximum Gasteiger partial charge on any atom is 0.408 e. The highest BCUT2D eigenvalue weighted by Gasteiger charge is 2.38. The van der Waals surface area contributed by atoms with E-state index in [-0.39, 0.29) is 35.3 Å². The second-order valence-corrected chi connectivity index (χ2v) is 14.2. The van der Waals surface area contributed by atoms with Crippen LogP contribution in [0.25, 0.3) is 11.6 Å². The van der Waals surface area contributed by atoms with Crippen LogP contribution in [-0.2, 0) is 21.5 Å². The standard InChI is InChI=1S/C34H39N7O5S/c1-21-20-47-29(35-21)25-13-9-15-40(25)30(43)23-17-24(36-26(18-23)41-16-10-14-27(41)42)28-38-39-31(45-28)34(5,19-22-11-7-6-8-12-22)37-32(44)46-33(2,3)4/h6-8,11-12,17-18,20,25H,9-10,13-16,19H2,1-5H3,(H,37,44)/t25-,34?/m1/s1. The minimum absolute atomic E-state index is 0.0568. The number of rotatable bonds is 8. The van der Waals surface area contributed by atoms with Crippen LogP contribution in [0.2, 0.25) is 0 Å². The molecule has 12 nitrogen and oxygen atoms in total. The summed E-state index contributed by atoms with van der Waals surface area (Å²) >= 11 is 1.56. The Labute approximate surface area is 277 Å². The fraction of sp³-hybridized carbons (Fsp3) is 0.441. The maximum absolute atomic E-state index is 14.1. The number of carbonyl (C=O) groups is 3. The first-order valence-corrected chi connectivity index (χ1v) is 16.7. The number of ether oxygens (including phenoxy) is 1. The zero-order valence-corrected chi connectivity index (χ0v) is 28.1. The second kappa shape index (κ2) is 12.9. The van der Waals surface area contributed by atoms with Gasteiger partial charge in [-0.15, -0.1) is 21.5 Å². The average molecular weight is 658 g/mol. The van der Waals surface area contributed by atoms with Crippen molar-refractivity contribution in [1.82, 2.24) is 30.4 Å². The highest BCUT2D eigenvalue weighted by molar-refractivity contribution is 7.09. The Morgan fingerprint density at radius 3 is 2.53 bits per heavy atom. The minimum Gasteiger partial charge on any atom is -0.444 e. The van der Waals surface area contributed by atoms with Crippen LogP contribution >= 0.6 is 11.3 Å². The number of amides is 3. The molecule has 1 aromatic carbocycles. The van der Waals surface area contributed by atoms with E-state index in [9.17, 15) is 14.4 Å². The predicted octanol–water partition coefficient (Wildman–Crippen LogP) is 5.98. The molecule has 1 N–H and O–H groups in total. The molecule has 2 atom stereocenters. The molecule has 5 heterocycles. The van der Waals surface area contributed by atoms with Gasteiger partial charge in [-0.3, -0.25) is 14.5 Å². The molecule has 3 amide bonds. The van der Waals surface area contributed by atoms with Gasteiger partial charge >= 0.3 is 6.09 Å². The van der Waals surface area contributed by atoms with Gasteiger partial charge < -0.3 is 19.4 Å². The molecular formula is C34H39N7O5S. The van der Waals surface area contributed by atoms with E-state index in [1.165, 1.54) is 0 Å². The average Bonchev–Trinajstić information content (AvgIpc) is 3.83. The third-order valence-corrected chi connectivity index (χ3v) is 9.20. The maximum atomic E-state index is 14.1. The molecular weight excluding hydrogens is 618 g/mol. The van der Waals surface area contributed by atoms with Crippen LogP contribution in [0.3, 0.4) is 0 Å². The zero-order chi connectivity index (χ0) is 33.3. The van der Waals surface area contributed by atoms with Gasteiger partial charge in [0, 0.05) is 42.6 Å². The van der Waals surface area contributed by atoms with Gasteiger partial charge in [0.15, 0.2) is 0 Å². The van der Waals surface area contributed by atoms with Crippen LogP contribution in [0, 0.1) is 6.92 Å². The Hall–Kier alpha value is -4.65. The number of nitrogens with one attached hydrogen (secondary N) is 1. The van der Waals surface area contributed by atoms with Gasteiger partial charge in [0.1, 0.15) is 27.7 Å². The number of likely N-dealkylation sites (tertiary alicyclic amines) is 1. The van der Waals surface area contributed by atoms with Crippen molar-refractivity contribution in [2.24, 2.45) is 0 Å². The van der Waals surface area contributed by atoms with E-state index in [0.29, 0.717) is 43.7 Å². The lowest BCUT2D eigenvalue weighted by Gasteiger charge is -2.29. The van der Waals surface area contributed by atoms with Crippen LogP contribution in [-0.4, -0.2) is 61.7 Å². The monoisotopic (exact) mass is 657 g/mol. The summed E-state index contributed by atoms with van der Waals surface area (Å²) in [5.74, 6) is 0.304. The number of nitrogens with zero attached hydrogens (tertiary/aromatic N) is 6. The number of carbonyl (C=O) groups excluding carboxylic acids is 3. The number of aromatic nitrogens is 4. The first kappa shape index (κ1) is 32.3. The van der Waals surface area contributed by atoms with Gasteiger partial charge in [0.25, 0.3) is 11.8 Å². The molecule has 2 fully saturated rings. The summed E-state index contributed by atoms with van der Waals surface area (Å²) < 4.78 is 11.8. The van der Waals surface area contributed by atoms with E-state index < -0.39 is 17.2 Å². The lowest BCUT2D eigenvalue weighted by atomic mass is 9.92. The Kier molecular flexibility index (Phi) is 8.84. The molecule has 2 aliphatic rings. The molecule has 246 valence electrons. The number of anilines is 1. The fourth-order valence-electron chi connectivity index (χ4n) is 5.99. The zero-order valence-electron chi connectivity index (χ0n) is 27.3. The molecule has 13 heteroatoms. The van der Waals surface area contributed by atoms with Crippen LogP contribution < -0.4 is 10.2 Å². The summed E-state index contributed by atoms with van der Waals surface area (Å²) in [7, 11) is 0. The van der Waals surface area contributed by atoms with Crippen molar-refractivity contribution >= 4 is 35.1 Å². The van der Waals surface area contributed by atoms with Crippen molar-refractivity contribution in [2.45, 2.75) is 83.9 Å². The highest BCUT2D eigenvalue weighted by Crippen LogP contribution is 2.36. The molecule has 3 aromatic heterocycles. The Morgan fingerprint density at radius 2 is 1.85 bits per heavy atom. The third-order valence-electron chi connectivity index (χ3n) is 8.14. The van der Waals surface area contributed by atoms with Gasteiger partial charge in [-0.25, -0.2) is 14.8 Å². The predicted molar refractivity (Wildman–Crippen MR) is 176 cm³/mol. The summed E-state index contributed by atoms with van der Waals surface area (Å²) in [4.78, 5) is 52.7. The van der Waals surface area contributed by atoms with E-state index in [1.54, 1.807) is 56.1 Å². The van der Waals surface area contributed by atoms with Gasteiger partial charge in [-0.1, -0.05) is 30.3 Å². The largest absolute Gasteiger partial charge is 0.444 e. The SMILES string of the molecule is Cc1csc([C@H]2CCCN2C(=O)c2cc(-c3nnc(C(C)(Cc4ccccc4)NC(=O)OC(C)(C)C)o3)nc(N3CCCC3=O)c2)n1. The van der Waals surface area contributed by atoms with E-state index in [2.05, 4.69) is 20.5 Å². The quantitative estimate of drug-likeness (QED) is 0.242. The van der Waals surface area contributed by atoms with E-state index in [4.69, 9.17) is 14.1 Å². The number of alkyl carbamates (subject to hydrolysis) is 1. The van der Waals surface area contributed by atoms with Gasteiger partial charge in [-0.2, -0.15) is 0 Å². The smallest absolute Gasteiger partial charge is 0.408 e. The van der Waals surface area contributed by atoms with Gasteiger partial charge in [0.2, 0.25) is 11.8 Å². The topological polar surface area (TPSA) is 144 Å². The number of hydrogen-bond donors (Lipinski definition) is 1. The van der Waals surface area contributed by atoms with Crippen LogP contribution in [0.1, 0.15) is 91.9 Å². The van der Waals surface area contributed by atoms with Crippen molar-refractivity contribution in [3.8, 4) is 11.6 Å². The Bertz CT molecular complexity index is 1780. The van der Waals surface area contributed by atoms with Crippen LogP contribution in [0.4, 0.5) is 10.6 Å². The van der Waals surface area contributed by atoms with Gasteiger partial charge in [0.05, 0.1) is 6.04 Å². The summed E-state index contributed by atoms with van der Waals surface area (Å²) in [6.45, 7) is 10.2. The molecule has 1 unspecified atom stereocenters. The highest BCUT2D eigenvalue weighted by atomic mass is 32.1. The molecule has 6 rings (SSSR count). The summed E-state index contributed by atoms with van der Waals surface area (Å²) in [6.07, 6.45) is 2.50. The number of aryl methyl sites for hydroxylation is 1. The molecule has 4 aromatic rings. The number of pyridine rings is 1. The minimum atomic E-state index is -1.15. The normalized spacial score (nSPS) is 18.0.